The molecule has 112 valence electrons. The van der Waals surface area contributed by atoms with Crippen LogP contribution >= 0.6 is 0 Å². The lowest BCUT2D eigenvalue weighted by Crippen LogP contribution is -2.18. The van der Waals surface area contributed by atoms with Crippen LogP contribution in [0.4, 0.5) is 13.2 Å². The number of carbonyl (C=O) groups is 1. The Morgan fingerprint density at radius 3 is 2.20 bits per heavy atom. The van der Waals surface area contributed by atoms with Crippen molar-refractivity contribution in [3.63, 3.8) is 0 Å². The predicted octanol–water partition coefficient (Wildman–Crippen LogP) is 2.36. The number of carboxylic acid groups (broad SMARTS) is 1. The Morgan fingerprint density at radius 2 is 1.80 bits per heavy atom. The molecule has 5 nitrogen and oxygen atoms in total. The van der Waals surface area contributed by atoms with Gasteiger partial charge in [0.05, 0.1) is 5.92 Å². The fraction of sp³-hybridized carbons (Fsp3) is 0.583. The van der Waals surface area contributed by atoms with Crippen LogP contribution in [-0.2, 0) is 16.1 Å². The molecule has 0 saturated carbocycles. The van der Waals surface area contributed by atoms with Crippen LogP contribution in [0.1, 0.15) is 35.6 Å². The standard InChI is InChI=1S/C12H15F3N2O3/c1-6(11(18)19)10-7(2)16-9(17-8(10)3)4-20-5-12(13,14)15/h6H,4-5H2,1-3H3,(H,18,19). The molecule has 0 radical (unpaired) electrons. The summed E-state index contributed by atoms with van der Waals surface area (Å²) < 4.78 is 40.3. The van der Waals surface area contributed by atoms with E-state index in [1.807, 2.05) is 0 Å². The van der Waals surface area contributed by atoms with Crippen molar-refractivity contribution in [1.82, 2.24) is 9.97 Å². The van der Waals surface area contributed by atoms with Gasteiger partial charge in [-0.2, -0.15) is 13.2 Å². The first kappa shape index (κ1) is 16.4. The van der Waals surface area contributed by atoms with Crippen LogP contribution in [0, 0.1) is 13.8 Å². The van der Waals surface area contributed by atoms with Gasteiger partial charge >= 0.3 is 12.1 Å². The second kappa shape index (κ2) is 6.17. The van der Waals surface area contributed by atoms with Crippen LogP contribution in [0.15, 0.2) is 0 Å². The van der Waals surface area contributed by atoms with Gasteiger partial charge in [-0.25, -0.2) is 9.97 Å². The molecule has 1 unspecified atom stereocenters. The summed E-state index contributed by atoms with van der Waals surface area (Å²) in [4.78, 5) is 18.9. The molecular weight excluding hydrogens is 277 g/mol. The van der Waals surface area contributed by atoms with Gasteiger partial charge in [0.15, 0.2) is 5.82 Å². The first-order chi connectivity index (χ1) is 9.11. The Balaban J connectivity index is 2.86. The van der Waals surface area contributed by atoms with Crippen LogP contribution in [0.3, 0.4) is 0 Å². The number of alkyl halides is 3. The molecule has 1 aromatic heterocycles. The number of aryl methyl sites for hydroxylation is 2. The predicted molar refractivity (Wildman–Crippen MR) is 63.3 cm³/mol. The lowest BCUT2D eigenvalue weighted by Gasteiger charge is -2.14. The van der Waals surface area contributed by atoms with Crippen molar-refractivity contribution < 1.29 is 27.8 Å². The second-order valence-electron chi connectivity index (χ2n) is 4.39. The highest BCUT2D eigenvalue weighted by Gasteiger charge is 2.27. The van der Waals surface area contributed by atoms with Gasteiger partial charge in [-0.05, 0) is 20.8 Å². The summed E-state index contributed by atoms with van der Waals surface area (Å²) in [5.41, 5.74) is 1.33. The van der Waals surface area contributed by atoms with E-state index in [-0.39, 0.29) is 12.4 Å². The van der Waals surface area contributed by atoms with Crippen LogP contribution in [-0.4, -0.2) is 33.8 Å². The second-order valence-corrected chi connectivity index (χ2v) is 4.39. The van der Waals surface area contributed by atoms with E-state index < -0.39 is 24.7 Å². The number of hydrogen-bond acceptors (Lipinski definition) is 4. The minimum atomic E-state index is -4.40. The zero-order valence-corrected chi connectivity index (χ0v) is 11.3. The number of aromatic nitrogens is 2. The molecule has 1 aromatic rings. The normalized spacial score (nSPS) is 13.3. The van der Waals surface area contributed by atoms with Crippen molar-refractivity contribution in [2.45, 2.75) is 39.5 Å². The number of halogens is 3. The lowest BCUT2D eigenvalue weighted by atomic mass is 9.98. The average Bonchev–Trinajstić information content (AvgIpc) is 2.25. The van der Waals surface area contributed by atoms with Crippen molar-refractivity contribution in [2.24, 2.45) is 0 Å². The summed E-state index contributed by atoms with van der Waals surface area (Å²) >= 11 is 0. The smallest absolute Gasteiger partial charge is 0.411 e. The molecule has 20 heavy (non-hydrogen) atoms. The summed E-state index contributed by atoms with van der Waals surface area (Å²) in [5, 5.41) is 8.98. The van der Waals surface area contributed by atoms with Crippen molar-refractivity contribution >= 4 is 5.97 Å². The molecule has 1 atom stereocenters. The third-order valence-corrected chi connectivity index (χ3v) is 2.67. The fourth-order valence-electron chi connectivity index (χ4n) is 1.87. The average molecular weight is 292 g/mol. The van der Waals surface area contributed by atoms with E-state index in [1.54, 1.807) is 13.8 Å². The maximum absolute atomic E-state index is 11.9. The van der Waals surface area contributed by atoms with Crippen LogP contribution in [0.2, 0.25) is 0 Å². The molecule has 0 spiro atoms. The molecule has 0 aliphatic heterocycles. The third kappa shape index (κ3) is 4.44. The molecule has 1 N–H and O–H groups in total. The molecule has 0 aliphatic carbocycles. The Labute approximate surface area is 113 Å². The molecule has 1 rings (SSSR count). The number of aliphatic carboxylic acids is 1. The molecule has 0 amide bonds. The minimum absolute atomic E-state index is 0.102. The molecular formula is C12H15F3N2O3. The van der Waals surface area contributed by atoms with E-state index in [0.29, 0.717) is 17.0 Å². The van der Waals surface area contributed by atoms with Crippen molar-refractivity contribution in [3.05, 3.63) is 22.8 Å². The highest BCUT2D eigenvalue weighted by atomic mass is 19.4. The zero-order chi connectivity index (χ0) is 15.5. The highest BCUT2D eigenvalue weighted by molar-refractivity contribution is 5.76. The molecule has 0 aromatic carbocycles. The van der Waals surface area contributed by atoms with E-state index in [2.05, 4.69) is 14.7 Å². The first-order valence-electron chi connectivity index (χ1n) is 5.83. The molecule has 0 bridgehead atoms. The van der Waals surface area contributed by atoms with Gasteiger partial charge in [0, 0.05) is 17.0 Å². The van der Waals surface area contributed by atoms with E-state index in [9.17, 15) is 18.0 Å². The first-order valence-corrected chi connectivity index (χ1v) is 5.83. The fourth-order valence-corrected chi connectivity index (χ4v) is 1.87. The van der Waals surface area contributed by atoms with Gasteiger partial charge < -0.3 is 9.84 Å². The van der Waals surface area contributed by atoms with Crippen LogP contribution in [0.25, 0.3) is 0 Å². The summed E-state index contributed by atoms with van der Waals surface area (Å²) in [6.07, 6.45) is -4.40. The number of carboxylic acids is 1. The Hall–Kier alpha value is -1.70. The number of nitrogens with zero attached hydrogens (tertiary/aromatic N) is 2. The van der Waals surface area contributed by atoms with Gasteiger partial charge in [-0.3, -0.25) is 4.79 Å². The summed E-state index contributed by atoms with van der Waals surface area (Å²) in [6.45, 7) is 2.94. The Bertz CT molecular complexity index is 480. The lowest BCUT2D eigenvalue weighted by molar-refractivity contribution is -0.177. The van der Waals surface area contributed by atoms with Gasteiger partial charge in [0.25, 0.3) is 0 Å². The van der Waals surface area contributed by atoms with E-state index in [0.717, 1.165) is 0 Å². The Morgan fingerprint density at radius 1 is 1.30 bits per heavy atom. The summed E-state index contributed by atoms with van der Waals surface area (Å²) in [6, 6.07) is 0. The quantitative estimate of drug-likeness (QED) is 0.902. The van der Waals surface area contributed by atoms with Gasteiger partial charge in [0.2, 0.25) is 0 Å². The van der Waals surface area contributed by atoms with Gasteiger partial charge in [-0.15, -0.1) is 0 Å². The molecule has 0 fully saturated rings. The number of hydrogen-bond donors (Lipinski definition) is 1. The Kier molecular flexibility index (Phi) is 5.04. The topological polar surface area (TPSA) is 72.3 Å². The van der Waals surface area contributed by atoms with Gasteiger partial charge in [0.1, 0.15) is 13.2 Å². The maximum atomic E-state index is 11.9. The number of rotatable bonds is 5. The highest BCUT2D eigenvalue weighted by Crippen LogP contribution is 2.22. The van der Waals surface area contributed by atoms with E-state index in [4.69, 9.17) is 5.11 Å². The van der Waals surface area contributed by atoms with E-state index >= 15 is 0 Å². The minimum Gasteiger partial charge on any atom is -0.481 e. The summed E-state index contributed by atoms with van der Waals surface area (Å²) in [5.74, 6) is -1.69. The number of ether oxygens (including phenoxy) is 1. The monoisotopic (exact) mass is 292 g/mol. The molecule has 8 heteroatoms. The SMILES string of the molecule is Cc1nc(COCC(F)(F)F)nc(C)c1C(C)C(=O)O. The van der Waals surface area contributed by atoms with Crippen molar-refractivity contribution in [3.8, 4) is 0 Å². The summed E-state index contributed by atoms with van der Waals surface area (Å²) in [7, 11) is 0. The van der Waals surface area contributed by atoms with Crippen LogP contribution in [0.5, 0.6) is 0 Å². The zero-order valence-electron chi connectivity index (χ0n) is 11.3. The van der Waals surface area contributed by atoms with Crippen molar-refractivity contribution in [1.29, 1.82) is 0 Å². The molecule has 0 aliphatic rings. The maximum Gasteiger partial charge on any atom is 0.411 e. The van der Waals surface area contributed by atoms with Gasteiger partial charge in [-0.1, -0.05) is 0 Å². The van der Waals surface area contributed by atoms with Crippen LogP contribution < -0.4 is 0 Å². The third-order valence-electron chi connectivity index (χ3n) is 2.67. The largest absolute Gasteiger partial charge is 0.481 e. The van der Waals surface area contributed by atoms with Crippen molar-refractivity contribution in [2.75, 3.05) is 6.61 Å². The van der Waals surface area contributed by atoms with E-state index in [1.165, 1.54) is 6.92 Å². The molecule has 0 saturated heterocycles. The molecule has 1 heterocycles.